The predicted molar refractivity (Wildman–Crippen MR) is 135 cm³/mol. The third-order valence-corrected chi connectivity index (χ3v) is 9.30. The van der Waals surface area contributed by atoms with Gasteiger partial charge < -0.3 is 9.88 Å². The van der Waals surface area contributed by atoms with Gasteiger partial charge in [-0.2, -0.15) is 4.31 Å². The van der Waals surface area contributed by atoms with E-state index in [1.807, 2.05) is 18.3 Å². The van der Waals surface area contributed by atoms with Crippen molar-refractivity contribution in [2.75, 3.05) is 11.9 Å². The standard InChI is InChI=1S/C25H24FN5O3S2/c1-17(32)29-25-28-14-24(35-25)36(33,34)31-11-9-19-12-20(4-5-21(19)15-31)23-13-27-16-30(23)10-8-18-2-6-22(26)7-3-18/h2-7,12-14,16H,8-11,15H2,1H3,(H,28,29,32). The maximum atomic E-state index is 13.2. The van der Waals surface area contributed by atoms with E-state index in [4.69, 9.17) is 0 Å². The summed E-state index contributed by atoms with van der Waals surface area (Å²) in [4.78, 5) is 19.6. The van der Waals surface area contributed by atoms with Gasteiger partial charge in [0.2, 0.25) is 5.91 Å². The number of carbonyl (C=O) groups excluding carboxylic acids is 1. The summed E-state index contributed by atoms with van der Waals surface area (Å²) in [7, 11) is -3.72. The lowest BCUT2D eigenvalue weighted by Crippen LogP contribution is -2.35. The van der Waals surface area contributed by atoms with E-state index in [0.717, 1.165) is 45.7 Å². The van der Waals surface area contributed by atoms with Gasteiger partial charge >= 0.3 is 0 Å². The third kappa shape index (κ3) is 5.08. The van der Waals surface area contributed by atoms with Crippen molar-refractivity contribution in [3.63, 3.8) is 0 Å². The topological polar surface area (TPSA) is 97.2 Å². The van der Waals surface area contributed by atoms with Crippen molar-refractivity contribution in [3.8, 4) is 11.3 Å². The minimum absolute atomic E-state index is 0.108. The van der Waals surface area contributed by atoms with Gasteiger partial charge in [0.05, 0.1) is 24.4 Å². The minimum Gasteiger partial charge on any atom is -0.330 e. The first-order valence-electron chi connectivity index (χ1n) is 11.4. The third-order valence-electron chi connectivity index (χ3n) is 6.11. The quantitative estimate of drug-likeness (QED) is 0.392. The zero-order chi connectivity index (χ0) is 25.3. The molecule has 2 aromatic heterocycles. The number of aryl methyl sites for hydroxylation is 2. The van der Waals surface area contributed by atoms with Gasteiger partial charge in [-0.05, 0) is 47.7 Å². The number of anilines is 1. The normalized spacial score (nSPS) is 13.9. The number of hydrogen-bond donors (Lipinski definition) is 1. The molecule has 1 N–H and O–H groups in total. The Hall–Kier alpha value is -3.41. The number of rotatable bonds is 7. The van der Waals surface area contributed by atoms with Crippen molar-refractivity contribution in [1.82, 2.24) is 18.8 Å². The first-order chi connectivity index (χ1) is 17.3. The van der Waals surface area contributed by atoms with Crippen LogP contribution in [0.3, 0.4) is 0 Å². The molecule has 186 valence electrons. The summed E-state index contributed by atoms with van der Waals surface area (Å²) < 4.78 is 43.1. The Labute approximate surface area is 212 Å². The molecule has 8 nitrogen and oxygen atoms in total. The number of amides is 1. The van der Waals surface area contributed by atoms with Gasteiger partial charge in [-0.25, -0.2) is 22.8 Å². The molecular weight excluding hydrogens is 501 g/mol. The molecule has 1 amide bonds. The van der Waals surface area contributed by atoms with Gasteiger partial charge in [0, 0.05) is 32.1 Å². The summed E-state index contributed by atoms with van der Waals surface area (Å²) >= 11 is 0.948. The largest absolute Gasteiger partial charge is 0.330 e. The zero-order valence-corrected chi connectivity index (χ0v) is 21.2. The number of aromatic nitrogens is 3. The number of halogens is 1. The highest BCUT2D eigenvalue weighted by Crippen LogP contribution is 2.31. The highest BCUT2D eigenvalue weighted by Gasteiger charge is 2.30. The SMILES string of the molecule is CC(=O)Nc1ncc(S(=O)(=O)N2CCc3cc(-c4cncn4CCc4ccc(F)cc4)ccc3C2)s1. The Balaban J connectivity index is 1.31. The number of thiazole rings is 1. The molecule has 0 unspecified atom stereocenters. The lowest BCUT2D eigenvalue weighted by molar-refractivity contribution is -0.114. The predicted octanol–water partition coefficient (Wildman–Crippen LogP) is 4.09. The summed E-state index contributed by atoms with van der Waals surface area (Å²) in [6.45, 7) is 2.69. The molecule has 0 aliphatic carbocycles. The maximum Gasteiger partial charge on any atom is 0.254 e. The summed E-state index contributed by atoms with van der Waals surface area (Å²) in [5.41, 5.74) is 5.10. The lowest BCUT2D eigenvalue weighted by Gasteiger charge is -2.28. The molecule has 0 spiro atoms. The van der Waals surface area contributed by atoms with Crippen LogP contribution in [0.2, 0.25) is 0 Å². The van der Waals surface area contributed by atoms with Gasteiger partial charge in [0.15, 0.2) is 9.34 Å². The van der Waals surface area contributed by atoms with E-state index in [9.17, 15) is 17.6 Å². The minimum atomic E-state index is -3.72. The van der Waals surface area contributed by atoms with Gasteiger partial charge in [-0.1, -0.05) is 35.6 Å². The Kier molecular flexibility index (Phi) is 6.69. The highest BCUT2D eigenvalue weighted by atomic mass is 32.2. The number of benzene rings is 2. The van der Waals surface area contributed by atoms with Crippen LogP contribution in [0, 0.1) is 5.82 Å². The molecule has 4 aromatic rings. The van der Waals surface area contributed by atoms with Crippen LogP contribution in [0.4, 0.5) is 9.52 Å². The number of fused-ring (bicyclic) bond motifs is 1. The first kappa shape index (κ1) is 24.3. The summed E-state index contributed by atoms with van der Waals surface area (Å²) in [6, 6.07) is 12.6. The second-order valence-electron chi connectivity index (χ2n) is 8.59. The fourth-order valence-corrected chi connectivity index (χ4v) is 6.90. The van der Waals surface area contributed by atoms with E-state index in [0.29, 0.717) is 19.5 Å². The smallest absolute Gasteiger partial charge is 0.254 e. The average molecular weight is 526 g/mol. The van der Waals surface area contributed by atoms with Gasteiger partial charge in [-0.15, -0.1) is 0 Å². The molecule has 0 saturated heterocycles. The van der Waals surface area contributed by atoms with Crippen molar-refractivity contribution in [3.05, 3.63) is 83.7 Å². The van der Waals surface area contributed by atoms with E-state index < -0.39 is 10.0 Å². The number of carbonyl (C=O) groups is 1. The monoisotopic (exact) mass is 525 g/mol. The number of nitrogens with one attached hydrogen (secondary N) is 1. The van der Waals surface area contributed by atoms with E-state index in [1.54, 1.807) is 18.5 Å². The Morgan fingerprint density at radius 3 is 2.72 bits per heavy atom. The zero-order valence-electron chi connectivity index (χ0n) is 19.5. The van der Waals surface area contributed by atoms with E-state index in [1.165, 1.54) is 29.6 Å². The Morgan fingerprint density at radius 1 is 1.14 bits per heavy atom. The number of hydrogen-bond acceptors (Lipinski definition) is 6. The van der Waals surface area contributed by atoms with Crippen molar-refractivity contribution < 1.29 is 17.6 Å². The molecule has 0 radical (unpaired) electrons. The summed E-state index contributed by atoms with van der Waals surface area (Å²) in [5.74, 6) is -0.544. The van der Waals surface area contributed by atoms with Crippen molar-refractivity contribution in [1.29, 1.82) is 0 Å². The Morgan fingerprint density at radius 2 is 1.94 bits per heavy atom. The highest BCUT2D eigenvalue weighted by molar-refractivity contribution is 7.91. The molecular formula is C25H24FN5O3S2. The molecule has 36 heavy (non-hydrogen) atoms. The van der Waals surface area contributed by atoms with E-state index in [-0.39, 0.29) is 27.6 Å². The fourth-order valence-electron chi connectivity index (χ4n) is 4.25. The lowest BCUT2D eigenvalue weighted by atomic mass is 9.97. The summed E-state index contributed by atoms with van der Waals surface area (Å²) in [6.07, 6.45) is 6.24. The van der Waals surface area contributed by atoms with E-state index >= 15 is 0 Å². The molecule has 1 aliphatic heterocycles. The number of sulfonamides is 1. The molecule has 0 fully saturated rings. The molecule has 0 bridgehead atoms. The fraction of sp³-hybridized carbons (Fsp3) is 0.240. The average Bonchev–Trinajstić information content (AvgIpc) is 3.53. The van der Waals surface area contributed by atoms with Crippen molar-refractivity contribution in [2.45, 2.75) is 37.1 Å². The molecule has 1 aliphatic rings. The second kappa shape index (κ2) is 9.92. The molecule has 11 heteroatoms. The molecule has 5 rings (SSSR count). The van der Waals surface area contributed by atoms with Crippen LogP contribution in [0.15, 0.2) is 65.4 Å². The molecule has 0 saturated carbocycles. The number of imidazole rings is 1. The molecule has 0 atom stereocenters. The Bertz CT molecular complexity index is 1510. The van der Waals surface area contributed by atoms with Crippen LogP contribution in [-0.4, -0.2) is 39.7 Å². The van der Waals surface area contributed by atoms with Gasteiger partial charge in [0.25, 0.3) is 10.0 Å². The molecule has 2 aromatic carbocycles. The summed E-state index contributed by atoms with van der Waals surface area (Å²) in [5, 5.41) is 2.79. The van der Waals surface area contributed by atoms with Crippen LogP contribution < -0.4 is 5.32 Å². The van der Waals surface area contributed by atoms with Gasteiger partial charge in [0.1, 0.15) is 5.82 Å². The van der Waals surface area contributed by atoms with Crippen molar-refractivity contribution in [2.24, 2.45) is 0 Å². The van der Waals surface area contributed by atoms with E-state index in [2.05, 4.69) is 25.9 Å². The van der Waals surface area contributed by atoms with Crippen LogP contribution in [0.5, 0.6) is 0 Å². The van der Waals surface area contributed by atoms with Crippen LogP contribution in [0.1, 0.15) is 23.6 Å². The van der Waals surface area contributed by atoms with Crippen LogP contribution in [0.25, 0.3) is 11.3 Å². The second-order valence-corrected chi connectivity index (χ2v) is 11.8. The first-order valence-corrected chi connectivity index (χ1v) is 13.7. The number of nitrogens with zero attached hydrogens (tertiary/aromatic N) is 4. The maximum absolute atomic E-state index is 13.2. The van der Waals surface area contributed by atoms with Gasteiger partial charge in [-0.3, -0.25) is 4.79 Å². The van der Waals surface area contributed by atoms with Crippen LogP contribution in [-0.2, 0) is 40.7 Å². The van der Waals surface area contributed by atoms with Crippen molar-refractivity contribution >= 4 is 32.4 Å². The van der Waals surface area contributed by atoms with Crippen LogP contribution >= 0.6 is 11.3 Å². The molecule has 3 heterocycles.